The molecule has 0 aromatic heterocycles. The van der Waals surface area contributed by atoms with Crippen molar-refractivity contribution in [1.82, 2.24) is 4.90 Å². The van der Waals surface area contributed by atoms with Crippen LogP contribution in [0.2, 0.25) is 0 Å². The standard InChI is InChI=1S/C23H21F3N2O4S/c24-23(25,26)17-3-1-2-16(12-17)22(8-10-32-11-9-22)20(30)27-18-6-4-15(5-7-18)13-28-19(29)14-33-21(28)31/h1-7,12H,8-11,13-14H2,(H,27,30). The first kappa shape index (κ1) is 23.3. The highest BCUT2D eigenvalue weighted by molar-refractivity contribution is 8.14. The molecule has 0 radical (unpaired) electrons. The molecule has 1 N–H and O–H groups in total. The van der Waals surface area contributed by atoms with Gasteiger partial charge in [0.25, 0.3) is 5.24 Å². The number of hydrogen-bond acceptors (Lipinski definition) is 5. The van der Waals surface area contributed by atoms with Gasteiger partial charge in [0.2, 0.25) is 11.8 Å². The zero-order valence-electron chi connectivity index (χ0n) is 17.5. The predicted octanol–water partition coefficient (Wildman–Crippen LogP) is 4.59. The number of carbonyl (C=O) groups is 3. The van der Waals surface area contributed by atoms with Gasteiger partial charge in [-0.25, -0.2) is 0 Å². The highest BCUT2D eigenvalue weighted by atomic mass is 32.2. The van der Waals surface area contributed by atoms with Gasteiger partial charge in [-0.3, -0.25) is 19.3 Å². The van der Waals surface area contributed by atoms with E-state index in [4.69, 9.17) is 4.74 Å². The van der Waals surface area contributed by atoms with E-state index in [0.717, 1.165) is 29.5 Å². The lowest BCUT2D eigenvalue weighted by Crippen LogP contribution is -2.45. The van der Waals surface area contributed by atoms with E-state index in [1.165, 1.54) is 11.0 Å². The van der Waals surface area contributed by atoms with Crippen molar-refractivity contribution in [3.8, 4) is 0 Å². The Balaban J connectivity index is 1.53. The van der Waals surface area contributed by atoms with Crippen molar-refractivity contribution in [2.45, 2.75) is 31.0 Å². The largest absolute Gasteiger partial charge is 0.416 e. The second kappa shape index (κ2) is 9.18. The van der Waals surface area contributed by atoms with Gasteiger partial charge in [-0.05, 0) is 42.2 Å². The van der Waals surface area contributed by atoms with Gasteiger partial charge in [0.1, 0.15) is 0 Å². The maximum Gasteiger partial charge on any atom is 0.416 e. The van der Waals surface area contributed by atoms with E-state index in [-0.39, 0.29) is 49.5 Å². The molecule has 2 aromatic rings. The number of rotatable bonds is 5. The van der Waals surface area contributed by atoms with Crippen molar-refractivity contribution in [1.29, 1.82) is 0 Å². The summed E-state index contributed by atoms with van der Waals surface area (Å²) < 4.78 is 45.2. The number of halogens is 3. The highest BCUT2D eigenvalue weighted by Gasteiger charge is 2.43. The Labute approximate surface area is 192 Å². The molecule has 0 atom stereocenters. The monoisotopic (exact) mass is 478 g/mol. The van der Waals surface area contributed by atoms with E-state index >= 15 is 0 Å². The van der Waals surface area contributed by atoms with E-state index in [2.05, 4.69) is 5.32 Å². The molecule has 2 fully saturated rings. The zero-order valence-corrected chi connectivity index (χ0v) is 18.3. The minimum atomic E-state index is -4.51. The number of hydrogen-bond donors (Lipinski definition) is 1. The van der Waals surface area contributed by atoms with Gasteiger partial charge in [0.05, 0.1) is 23.3 Å². The van der Waals surface area contributed by atoms with Crippen molar-refractivity contribution in [2.75, 3.05) is 24.3 Å². The minimum Gasteiger partial charge on any atom is -0.381 e. The van der Waals surface area contributed by atoms with Crippen LogP contribution in [0.4, 0.5) is 23.7 Å². The van der Waals surface area contributed by atoms with Crippen LogP contribution in [0.3, 0.4) is 0 Å². The number of nitrogens with zero attached hydrogens (tertiary/aromatic N) is 1. The lowest BCUT2D eigenvalue weighted by Gasteiger charge is -2.36. The average Bonchev–Trinajstić information content (AvgIpc) is 3.12. The molecule has 174 valence electrons. The van der Waals surface area contributed by atoms with Gasteiger partial charge < -0.3 is 10.1 Å². The number of thioether (sulfide) groups is 1. The van der Waals surface area contributed by atoms with Gasteiger partial charge in [-0.2, -0.15) is 13.2 Å². The molecule has 0 spiro atoms. The quantitative estimate of drug-likeness (QED) is 0.681. The number of anilines is 1. The first-order valence-electron chi connectivity index (χ1n) is 10.3. The molecule has 2 aliphatic heterocycles. The Morgan fingerprint density at radius 3 is 2.39 bits per heavy atom. The lowest BCUT2D eigenvalue weighted by atomic mass is 9.73. The molecule has 10 heteroatoms. The summed E-state index contributed by atoms with van der Waals surface area (Å²) in [7, 11) is 0. The maximum atomic E-state index is 13.4. The molecule has 2 aromatic carbocycles. The Bertz CT molecular complexity index is 1050. The fourth-order valence-electron chi connectivity index (χ4n) is 4.02. The first-order valence-corrected chi connectivity index (χ1v) is 11.3. The van der Waals surface area contributed by atoms with E-state index in [1.54, 1.807) is 30.3 Å². The van der Waals surface area contributed by atoms with Crippen LogP contribution in [0, 0.1) is 0 Å². The summed E-state index contributed by atoms with van der Waals surface area (Å²) in [5.74, 6) is -0.516. The average molecular weight is 478 g/mol. The molecule has 2 aliphatic rings. The number of amides is 3. The van der Waals surface area contributed by atoms with Crippen molar-refractivity contribution >= 4 is 34.5 Å². The van der Waals surface area contributed by atoms with Crippen LogP contribution in [-0.4, -0.2) is 40.9 Å². The summed E-state index contributed by atoms with van der Waals surface area (Å²) in [4.78, 5) is 38.1. The molecule has 0 aliphatic carbocycles. The van der Waals surface area contributed by atoms with Crippen LogP contribution in [-0.2, 0) is 32.5 Å². The van der Waals surface area contributed by atoms with Gasteiger partial charge >= 0.3 is 6.18 Å². The molecule has 0 bridgehead atoms. The smallest absolute Gasteiger partial charge is 0.381 e. The molecule has 6 nitrogen and oxygen atoms in total. The van der Waals surface area contributed by atoms with E-state index in [9.17, 15) is 27.6 Å². The van der Waals surface area contributed by atoms with Crippen LogP contribution >= 0.6 is 11.8 Å². The second-order valence-corrected chi connectivity index (χ2v) is 8.89. The Hall–Kier alpha value is -2.85. The van der Waals surface area contributed by atoms with Crippen LogP contribution in [0.15, 0.2) is 48.5 Å². The van der Waals surface area contributed by atoms with E-state index in [1.807, 2.05) is 0 Å². The third kappa shape index (κ3) is 4.91. The molecular weight excluding hydrogens is 457 g/mol. The fraction of sp³-hybridized carbons (Fsp3) is 0.348. The molecule has 3 amide bonds. The topological polar surface area (TPSA) is 75.7 Å². The predicted molar refractivity (Wildman–Crippen MR) is 117 cm³/mol. The van der Waals surface area contributed by atoms with E-state index < -0.39 is 23.1 Å². The number of benzene rings is 2. The number of ether oxygens (including phenoxy) is 1. The molecule has 33 heavy (non-hydrogen) atoms. The minimum absolute atomic E-state index is 0.133. The van der Waals surface area contributed by atoms with Crippen LogP contribution in [0.1, 0.15) is 29.5 Å². The van der Waals surface area contributed by atoms with Crippen molar-refractivity contribution < 1.29 is 32.3 Å². The maximum absolute atomic E-state index is 13.4. The SMILES string of the molecule is O=C1CSC(=O)N1Cc1ccc(NC(=O)C2(c3cccc(C(F)(F)F)c3)CCOCC2)cc1. The number of nitrogens with one attached hydrogen (secondary N) is 1. The summed E-state index contributed by atoms with van der Waals surface area (Å²) in [6.45, 7) is 0.668. The molecule has 2 saturated heterocycles. The summed E-state index contributed by atoms with van der Waals surface area (Å²) in [6, 6.07) is 11.6. The highest BCUT2D eigenvalue weighted by Crippen LogP contribution is 2.39. The Morgan fingerprint density at radius 2 is 1.79 bits per heavy atom. The fourth-order valence-corrected chi connectivity index (χ4v) is 4.75. The van der Waals surface area contributed by atoms with Crippen molar-refractivity contribution in [3.05, 3.63) is 65.2 Å². The van der Waals surface area contributed by atoms with Gasteiger partial charge in [0, 0.05) is 18.9 Å². The van der Waals surface area contributed by atoms with Crippen molar-refractivity contribution in [2.24, 2.45) is 0 Å². The van der Waals surface area contributed by atoms with Gasteiger partial charge in [0.15, 0.2) is 0 Å². The molecule has 0 unspecified atom stereocenters. The van der Waals surface area contributed by atoms with Crippen LogP contribution in [0.5, 0.6) is 0 Å². The third-order valence-corrected chi connectivity index (χ3v) is 6.78. The Kier molecular flexibility index (Phi) is 6.49. The lowest BCUT2D eigenvalue weighted by molar-refractivity contribution is -0.138. The summed E-state index contributed by atoms with van der Waals surface area (Å²) in [5.41, 5.74) is -0.458. The summed E-state index contributed by atoms with van der Waals surface area (Å²) in [6.07, 6.45) is -3.99. The summed E-state index contributed by atoms with van der Waals surface area (Å²) >= 11 is 0.960. The summed E-state index contributed by atoms with van der Waals surface area (Å²) in [5, 5.41) is 2.53. The van der Waals surface area contributed by atoms with Crippen molar-refractivity contribution in [3.63, 3.8) is 0 Å². The number of imide groups is 1. The van der Waals surface area contributed by atoms with Crippen LogP contribution in [0.25, 0.3) is 0 Å². The third-order valence-electron chi connectivity index (χ3n) is 5.92. The molecule has 2 heterocycles. The Morgan fingerprint density at radius 1 is 1.09 bits per heavy atom. The molecular formula is C23H21F3N2O4S. The normalized spacial score (nSPS) is 18.5. The number of alkyl halides is 3. The molecule has 4 rings (SSSR count). The number of carbonyl (C=O) groups excluding carboxylic acids is 3. The van der Waals surface area contributed by atoms with Gasteiger partial charge in [-0.1, -0.05) is 42.1 Å². The van der Waals surface area contributed by atoms with E-state index in [0.29, 0.717) is 11.3 Å². The van der Waals surface area contributed by atoms with Gasteiger partial charge in [-0.15, -0.1) is 0 Å². The van der Waals surface area contributed by atoms with Crippen LogP contribution < -0.4 is 5.32 Å². The second-order valence-electron chi connectivity index (χ2n) is 7.96. The first-order chi connectivity index (χ1) is 15.7. The zero-order chi connectivity index (χ0) is 23.6. The molecule has 0 saturated carbocycles.